The zero-order valence-corrected chi connectivity index (χ0v) is 13.6. The summed E-state index contributed by atoms with van der Waals surface area (Å²) >= 11 is 0. The number of hydrogen-bond acceptors (Lipinski definition) is 7. The van der Waals surface area contributed by atoms with Crippen LogP contribution in [-0.4, -0.2) is 44.9 Å². The van der Waals surface area contributed by atoms with Crippen LogP contribution < -0.4 is 4.72 Å². The van der Waals surface area contributed by atoms with E-state index in [4.69, 9.17) is 14.0 Å². The van der Waals surface area contributed by atoms with Crippen LogP contribution in [0.5, 0.6) is 0 Å². The summed E-state index contributed by atoms with van der Waals surface area (Å²) in [7, 11) is -4.03. The van der Waals surface area contributed by atoms with E-state index < -0.39 is 22.0 Å². The summed E-state index contributed by atoms with van der Waals surface area (Å²) in [4.78, 5) is 11.9. The zero-order chi connectivity index (χ0) is 16.3. The number of amides is 1. The number of carbonyl (C=O) groups excluding carboxylic acids is 1. The Kier molecular flexibility index (Phi) is 5.20. The fraction of sp³-hybridized carbons (Fsp3) is 0.692. The molecule has 0 bridgehead atoms. The first-order chi connectivity index (χ1) is 10.3. The number of hydrogen-bond donors (Lipinski definition) is 1. The molecule has 1 N–H and O–H groups in total. The summed E-state index contributed by atoms with van der Waals surface area (Å²) in [6.07, 6.45) is 0.912. The third-order valence-corrected chi connectivity index (χ3v) is 4.99. The standard InChI is InChI=1S/C13H20N2O6S/c1-8-12(9(2)21-14-8)22(17,18)15-13(16)10(3)20-7-11-5-4-6-19-11/h10-11H,4-7H2,1-3H3,(H,15,16)/t10-,11+/m1/s1. The first-order valence-electron chi connectivity index (χ1n) is 7.04. The Morgan fingerprint density at radius 3 is 2.77 bits per heavy atom. The van der Waals surface area contributed by atoms with Crippen LogP contribution in [0, 0.1) is 13.8 Å². The minimum absolute atomic E-state index is 0.0329. The number of rotatable bonds is 6. The Hall–Kier alpha value is -1.45. The van der Waals surface area contributed by atoms with Crippen molar-refractivity contribution in [2.45, 2.75) is 50.7 Å². The molecular formula is C13H20N2O6S. The largest absolute Gasteiger partial charge is 0.376 e. The van der Waals surface area contributed by atoms with E-state index in [1.54, 1.807) is 0 Å². The molecule has 2 atom stereocenters. The van der Waals surface area contributed by atoms with Crippen LogP contribution in [0.3, 0.4) is 0 Å². The molecule has 1 saturated heterocycles. The summed E-state index contributed by atoms with van der Waals surface area (Å²) in [6.45, 7) is 5.41. The molecule has 22 heavy (non-hydrogen) atoms. The lowest BCUT2D eigenvalue weighted by Crippen LogP contribution is -2.39. The van der Waals surface area contributed by atoms with Gasteiger partial charge in [0.2, 0.25) is 0 Å². The van der Waals surface area contributed by atoms with Crippen LogP contribution in [0.2, 0.25) is 0 Å². The Morgan fingerprint density at radius 2 is 2.23 bits per heavy atom. The molecule has 1 fully saturated rings. The van der Waals surface area contributed by atoms with E-state index in [0.717, 1.165) is 12.8 Å². The van der Waals surface area contributed by atoms with Crippen LogP contribution in [0.25, 0.3) is 0 Å². The van der Waals surface area contributed by atoms with E-state index in [1.165, 1.54) is 20.8 Å². The molecular weight excluding hydrogens is 312 g/mol. The minimum atomic E-state index is -4.03. The maximum Gasteiger partial charge on any atom is 0.269 e. The fourth-order valence-corrected chi connectivity index (χ4v) is 3.60. The van der Waals surface area contributed by atoms with E-state index in [-0.39, 0.29) is 29.1 Å². The molecule has 0 aromatic carbocycles. The molecule has 0 saturated carbocycles. The normalized spacial score (nSPS) is 20.0. The predicted octanol–water partition coefficient (Wildman–Crippen LogP) is 0.680. The topological polar surface area (TPSA) is 108 Å². The van der Waals surface area contributed by atoms with E-state index >= 15 is 0 Å². The molecule has 0 radical (unpaired) electrons. The predicted molar refractivity (Wildman–Crippen MR) is 75.7 cm³/mol. The summed E-state index contributed by atoms with van der Waals surface area (Å²) in [5.41, 5.74) is 0.200. The highest BCUT2D eigenvalue weighted by Crippen LogP contribution is 2.19. The maximum absolute atomic E-state index is 12.2. The van der Waals surface area contributed by atoms with E-state index in [9.17, 15) is 13.2 Å². The number of aromatic nitrogens is 1. The van der Waals surface area contributed by atoms with Gasteiger partial charge in [0.15, 0.2) is 10.7 Å². The van der Waals surface area contributed by atoms with Gasteiger partial charge in [0, 0.05) is 6.61 Å². The second-order valence-corrected chi connectivity index (χ2v) is 6.85. The molecule has 2 rings (SSSR count). The third-order valence-electron chi connectivity index (χ3n) is 3.40. The van der Waals surface area contributed by atoms with Gasteiger partial charge in [-0.15, -0.1) is 0 Å². The summed E-state index contributed by atoms with van der Waals surface area (Å²) in [6, 6.07) is 0. The minimum Gasteiger partial charge on any atom is -0.376 e. The van der Waals surface area contributed by atoms with Gasteiger partial charge in [0.1, 0.15) is 11.8 Å². The molecule has 9 heteroatoms. The highest BCUT2D eigenvalue weighted by atomic mass is 32.2. The monoisotopic (exact) mass is 332 g/mol. The molecule has 1 aromatic heterocycles. The van der Waals surface area contributed by atoms with Crippen molar-refractivity contribution >= 4 is 15.9 Å². The number of nitrogens with zero attached hydrogens (tertiary/aromatic N) is 1. The number of carbonyl (C=O) groups is 1. The Balaban J connectivity index is 1.95. The van der Waals surface area contributed by atoms with Crippen molar-refractivity contribution in [1.82, 2.24) is 9.88 Å². The summed E-state index contributed by atoms with van der Waals surface area (Å²) < 4.78 is 41.9. The summed E-state index contributed by atoms with van der Waals surface area (Å²) in [5, 5.41) is 3.57. The van der Waals surface area contributed by atoms with Crippen molar-refractivity contribution in [3.8, 4) is 0 Å². The SMILES string of the molecule is Cc1noc(C)c1S(=O)(=O)NC(=O)[C@@H](C)OC[C@@H]1CCCO1. The van der Waals surface area contributed by atoms with E-state index in [0.29, 0.717) is 6.61 Å². The molecule has 1 aliphatic rings. The molecule has 1 amide bonds. The number of ether oxygens (including phenoxy) is 2. The van der Waals surface area contributed by atoms with Gasteiger partial charge in [0.25, 0.3) is 15.9 Å². The average Bonchev–Trinajstić information content (AvgIpc) is 3.05. The van der Waals surface area contributed by atoms with Crippen molar-refractivity contribution in [2.24, 2.45) is 0 Å². The number of aryl methyl sites for hydroxylation is 2. The Bertz CT molecular complexity index is 613. The highest BCUT2D eigenvalue weighted by molar-refractivity contribution is 7.90. The van der Waals surface area contributed by atoms with E-state index in [1.807, 2.05) is 4.72 Å². The van der Waals surface area contributed by atoms with Crippen LogP contribution in [0.15, 0.2) is 9.42 Å². The van der Waals surface area contributed by atoms with E-state index in [2.05, 4.69) is 5.16 Å². The van der Waals surface area contributed by atoms with Crippen molar-refractivity contribution in [3.05, 3.63) is 11.5 Å². The first kappa shape index (κ1) is 16.9. The molecule has 1 aliphatic heterocycles. The van der Waals surface area contributed by atoms with Crippen LogP contribution in [0.1, 0.15) is 31.2 Å². The maximum atomic E-state index is 12.2. The fourth-order valence-electron chi connectivity index (χ4n) is 2.23. The van der Waals surface area contributed by atoms with Gasteiger partial charge in [-0.2, -0.15) is 0 Å². The van der Waals surface area contributed by atoms with Crippen molar-refractivity contribution in [3.63, 3.8) is 0 Å². The zero-order valence-electron chi connectivity index (χ0n) is 12.8. The van der Waals surface area contributed by atoms with Gasteiger partial charge in [0.05, 0.1) is 12.7 Å². The first-order valence-corrected chi connectivity index (χ1v) is 8.52. The second kappa shape index (κ2) is 6.76. The van der Waals surface area contributed by atoms with Crippen molar-refractivity contribution in [2.75, 3.05) is 13.2 Å². The third kappa shape index (κ3) is 3.84. The van der Waals surface area contributed by atoms with Gasteiger partial charge >= 0.3 is 0 Å². The van der Waals surface area contributed by atoms with Gasteiger partial charge in [-0.3, -0.25) is 4.79 Å². The molecule has 0 aliphatic carbocycles. The molecule has 0 spiro atoms. The van der Waals surface area contributed by atoms with Crippen LogP contribution in [0.4, 0.5) is 0 Å². The number of nitrogens with one attached hydrogen (secondary N) is 1. The lowest BCUT2D eigenvalue weighted by molar-refractivity contribution is -0.131. The van der Waals surface area contributed by atoms with Crippen molar-refractivity contribution < 1.29 is 27.2 Å². The summed E-state index contributed by atoms with van der Waals surface area (Å²) in [5.74, 6) is -0.608. The van der Waals surface area contributed by atoms with Crippen LogP contribution >= 0.6 is 0 Å². The van der Waals surface area contributed by atoms with Gasteiger partial charge in [-0.1, -0.05) is 5.16 Å². The number of sulfonamides is 1. The van der Waals surface area contributed by atoms with Gasteiger partial charge in [-0.05, 0) is 33.6 Å². The smallest absolute Gasteiger partial charge is 0.269 e. The lowest BCUT2D eigenvalue weighted by Gasteiger charge is -2.16. The average molecular weight is 332 g/mol. The Morgan fingerprint density at radius 1 is 1.50 bits per heavy atom. The quantitative estimate of drug-likeness (QED) is 0.816. The van der Waals surface area contributed by atoms with Crippen molar-refractivity contribution in [1.29, 1.82) is 0 Å². The molecule has 1 aromatic rings. The lowest BCUT2D eigenvalue weighted by atomic mass is 10.2. The second-order valence-electron chi connectivity index (χ2n) is 5.23. The molecule has 8 nitrogen and oxygen atoms in total. The van der Waals surface area contributed by atoms with Gasteiger partial charge < -0.3 is 14.0 Å². The highest BCUT2D eigenvalue weighted by Gasteiger charge is 2.28. The molecule has 2 heterocycles. The Labute approximate surface area is 129 Å². The molecule has 0 unspecified atom stereocenters. The van der Waals surface area contributed by atoms with Gasteiger partial charge in [-0.25, -0.2) is 13.1 Å². The van der Waals surface area contributed by atoms with Crippen LogP contribution in [-0.2, 0) is 24.3 Å². The molecule has 124 valence electrons.